The van der Waals surface area contributed by atoms with Crippen LogP contribution in [0.4, 0.5) is 4.39 Å². The minimum atomic E-state index is -1.24. The standard InChI is InChI=1S/C16H16FNO4/c1-10(4-6-12-3-2-8-22-12)18-15(19)13-7-5-11(16(20)21)9-14(13)17/h2-3,5,7-10H,4,6H2,1H3,(H,18,19)(H,20,21). The zero-order valence-corrected chi connectivity index (χ0v) is 12.0. The van der Waals surface area contributed by atoms with E-state index in [1.165, 1.54) is 12.1 Å². The van der Waals surface area contributed by atoms with E-state index in [9.17, 15) is 14.0 Å². The minimum absolute atomic E-state index is 0.170. The van der Waals surface area contributed by atoms with Crippen molar-refractivity contribution in [3.05, 3.63) is 59.3 Å². The first-order valence-corrected chi connectivity index (χ1v) is 6.83. The van der Waals surface area contributed by atoms with Crippen molar-refractivity contribution in [1.82, 2.24) is 5.32 Å². The number of carboxylic acids is 1. The maximum absolute atomic E-state index is 13.8. The first-order chi connectivity index (χ1) is 10.5. The van der Waals surface area contributed by atoms with Gasteiger partial charge in [0.15, 0.2) is 0 Å². The first kappa shape index (κ1) is 15.8. The zero-order chi connectivity index (χ0) is 16.1. The highest BCUT2D eigenvalue weighted by Gasteiger charge is 2.16. The molecule has 0 saturated carbocycles. The highest BCUT2D eigenvalue weighted by molar-refractivity contribution is 5.96. The van der Waals surface area contributed by atoms with Crippen LogP contribution in [0.2, 0.25) is 0 Å². The lowest BCUT2D eigenvalue weighted by Crippen LogP contribution is -2.33. The number of carbonyl (C=O) groups excluding carboxylic acids is 1. The molecule has 1 aromatic heterocycles. The molecule has 0 radical (unpaired) electrons. The molecule has 1 amide bonds. The van der Waals surface area contributed by atoms with Crippen LogP contribution in [0, 0.1) is 5.82 Å². The van der Waals surface area contributed by atoms with Gasteiger partial charge in [-0.05, 0) is 43.7 Å². The number of carbonyl (C=O) groups is 2. The van der Waals surface area contributed by atoms with Crippen LogP contribution in [0.25, 0.3) is 0 Å². The molecule has 2 rings (SSSR count). The smallest absolute Gasteiger partial charge is 0.335 e. The summed E-state index contributed by atoms with van der Waals surface area (Å²) in [6, 6.07) is 6.68. The van der Waals surface area contributed by atoms with E-state index in [-0.39, 0.29) is 17.2 Å². The molecular weight excluding hydrogens is 289 g/mol. The van der Waals surface area contributed by atoms with Crippen LogP contribution < -0.4 is 5.32 Å². The molecule has 0 aliphatic rings. The van der Waals surface area contributed by atoms with Crippen molar-refractivity contribution in [1.29, 1.82) is 0 Å². The number of aromatic carboxylic acids is 1. The van der Waals surface area contributed by atoms with Crippen molar-refractivity contribution >= 4 is 11.9 Å². The number of rotatable bonds is 6. The molecule has 0 spiro atoms. The minimum Gasteiger partial charge on any atom is -0.478 e. The normalized spacial score (nSPS) is 11.9. The van der Waals surface area contributed by atoms with Crippen LogP contribution in [-0.2, 0) is 6.42 Å². The third-order valence-electron chi connectivity index (χ3n) is 3.24. The van der Waals surface area contributed by atoms with Crippen molar-refractivity contribution in [2.75, 3.05) is 0 Å². The molecule has 22 heavy (non-hydrogen) atoms. The Bertz CT molecular complexity index is 667. The second-order valence-electron chi connectivity index (χ2n) is 4.99. The lowest BCUT2D eigenvalue weighted by Gasteiger charge is -2.13. The van der Waals surface area contributed by atoms with Gasteiger partial charge >= 0.3 is 5.97 Å². The maximum Gasteiger partial charge on any atom is 0.335 e. The first-order valence-electron chi connectivity index (χ1n) is 6.83. The Kier molecular flexibility index (Phi) is 4.93. The fourth-order valence-corrected chi connectivity index (χ4v) is 2.02. The molecule has 0 saturated heterocycles. The molecule has 116 valence electrons. The third-order valence-corrected chi connectivity index (χ3v) is 3.24. The zero-order valence-electron chi connectivity index (χ0n) is 12.0. The summed E-state index contributed by atoms with van der Waals surface area (Å²) in [5.74, 6) is -1.84. The summed E-state index contributed by atoms with van der Waals surface area (Å²) in [4.78, 5) is 22.7. The predicted molar refractivity (Wildman–Crippen MR) is 77.3 cm³/mol. The topological polar surface area (TPSA) is 79.5 Å². The highest BCUT2D eigenvalue weighted by atomic mass is 19.1. The summed E-state index contributed by atoms with van der Waals surface area (Å²) in [6.45, 7) is 1.81. The lowest BCUT2D eigenvalue weighted by molar-refractivity contribution is 0.0695. The van der Waals surface area contributed by atoms with Crippen molar-refractivity contribution in [2.45, 2.75) is 25.8 Å². The molecular formula is C16H16FNO4. The summed E-state index contributed by atoms with van der Waals surface area (Å²) >= 11 is 0. The predicted octanol–water partition coefficient (Wildman–Crippen LogP) is 2.87. The van der Waals surface area contributed by atoms with Gasteiger partial charge in [0.2, 0.25) is 0 Å². The van der Waals surface area contributed by atoms with E-state index in [1.54, 1.807) is 12.3 Å². The monoisotopic (exact) mass is 305 g/mol. The van der Waals surface area contributed by atoms with Crippen molar-refractivity contribution < 1.29 is 23.5 Å². The fourth-order valence-electron chi connectivity index (χ4n) is 2.02. The Labute approximate surface area is 126 Å². The molecule has 1 aromatic carbocycles. The molecule has 1 heterocycles. The molecule has 0 fully saturated rings. The van der Waals surface area contributed by atoms with Gasteiger partial charge < -0.3 is 14.8 Å². The van der Waals surface area contributed by atoms with Gasteiger partial charge in [0.1, 0.15) is 11.6 Å². The number of hydrogen-bond donors (Lipinski definition) is 2. The Balaban J connectivity index is 1.95. The number of benzene rings is 1. The number of nitrogens with one attached hydrogen (secondary N) is 1. The van der Waals surface area contributed by atoms with E-state index in [0.29, 0.717) is 12.8 Å². The van der Waals surface area contributed by atoms with Gasteiger partial charge in [-0.2, -0.15) is 0 Å². The largest absolute Gasteiger partial charge is 0.478 e. The number of hydrogen-bond acceptors (Lipinski definition) is 3. The van der Waals surface area contributed by atoms with Gasteiger partial charge in [0, 0.05) is 12.5 Å². The molecule has 0 bridgehead atoms. The molecule has 6 heteroatoms. The van der Waals surface area contributed by atoms with Crippen molar-refractivity contribution in [3.63, 3.8) is 0 Å². The van der Waals surface area contributed by atoms with E-state index in [2.05, 4.69) is 5.32 Å². The van der Waals surface area contributed by atoms with Gasteiger partial charge in [0.05, 0.1) is 17.4 Å². The molecule has 5 nitrogen and oxygen atoms in total. The second kappa shape index (κ2) is 6.89. The highest BCUT2D eigenvalue weighted by Crippen LogP contribution is 2.12. The summed E-state index contributed by atoms with van der Waals surface area (Å²) in [6.07, 6.45) is 2.89. The average molecular weight is 305 g/mol. The molecule has 1 unspecified atom stereocenters. The molecule has 0 aliphatic carbocycles. The number of amides is 1. The summed E-state index contributed by atoms with van der Waals surface area (Å²) < 4.78 is 19.0. The van der Waals surface area contributed by atoms with Crippen LogP contribution in [0.15, 0.2) is 41.0 Å². The molecule has 2 N–H and O–H groups in total. The van der Waals surface area contributed by atoms with Crippen molar-refractivity contribution in [3.8, 4) is 0 Å². The van der Waals surface area contributed by atoms with E-state index < -0.39 is 17.7 Å². The van der Waals surface area contributed by atoms with Crippen LogP contribution in [-0.4, -0.2) is 23.0 Å². The lowest BCUT2D eigenvalue weighted by atomic mass is 10.1. The summed E-state index contributed by atoms with van der Waals surface area (Å²) in [5, 5.41) is 11.4. The van der Waals surface area contributed by atoms with E-state index >= 15 is 0 Å². The van der Waals surface area contributed by atoms with Crippen LogP contribution in [0.3, 0.4) is 0 Å². The van der Waals surface area contributed by atoms with E-state index in [1.807, 2.05) is 13.0 Å². The second-order valence-corrected chi connectivity index (χ2v) is 4.99. The molecule has 1 atom stereocenters. The third kappa shape index (κ3) is 3.94. The van der Waals surface area contributed by atoms with Crippen molar-refractivity contribution in [2.24, 2.45) is 0 Å². The number of aryl methyl sites for hydroxylation is 1. The Hall–Kier alpha value is -2.63. The van der Waals surface area contributed by atoms with Gasteiger partial charge in [-0.1, -0.05) is 0 Å². The molecule has 0 aliphatic heterocycles. The van der Waals surface area contributed by atoms with E-state index in [0.717, 1.165) is 11.8 Å². The van der Waals surface area contributed by atoms with Crippen LogP contribution in [0.5, 0.6) is 0 Å². The van der Waals surface area contributed by atoms with Gasteiger partial charge in [-0.25, -0.2) is 9.18 Å². The Morgan fingerprint density at radius 3 is 2.73 bits per heavy atom. The Morgan fingerprint density at radius 1 is 1.36 bits per heavy atom. The van der Waals surface area contributed by atoms with Gasteiger partial charge in [-0.15, -0.1) is 0 Å². The quantitative estimate of drug-likeness (QED) is 0.860. The SMILES string of the molecule is CC(CCc1ccco1)NC(=O)c1ccc(C(=O)O)cc1F. The van der Waals surface area contributed by atoms with Gasteiger partial charge in [-0.3, -0.25) is 4.79 Å². The molecule has 2 aromatic rings. The average Bonchev–Trinajstić information content (AvgIpc) is 2.98. The summed E-state index contributed by atoms with van der Waals surface area (Å²) in [5.41, 5.74) is -0.366. The number of furan rings is 1. The van der Waals surface area contributed by atoms with Gasteiger partial charge in [0.25, 0.3) is 5.91 Å². The maximum atomic E-state index is 13.8. The van der Waals surface area contributed by atoms with E-state index in [4.69, 9.17) is 9.52 Å². The fraction of sp³-hybridized carbons (Fsp3) is 0.250. The summed E-state index contributed by atoms with van der Waals surface area (Å²) in [7, 11) is 0. The number of carboxylic acid groups (broad SMARTS) is 1. The van der Waals surface area contributed by atoms with Crippen LogP contribution >= 0.6 is 0 Å². The number of halogens is 1. The van der Waals surface area contributed by atoms with Crippen LogP contribution in [0.1, 0.15) is 39.8 Å². The Morgan fingerprint density at radius 2 is 2.14 bits per heavy atom.